The maximum absolute atomic E-state index is 12.4. The monoisotopic (exact) mass is 282 g/mol. The van der Waals surface area contributed by atoms with Crippen molar-refractivity contribution in [1.82, 2.24) is 9.88 Å². The van der Waals surface area contributed by atoms with E-state index in [9.17, 15) is 9.59 Å². The number of carbonyl (C=O) groups is 2. The van der Waals surface area contributed by atoms with Gasteiger partial charge in [-0.3, -0.25) is 4.79 Å². The highest BCUT2D eigenvalue weighted by Gasteiger charge is 2.34. The lowest BCUT2D eigenvalue weighted by atomic mass is 10.1. The second kappa shape index (κ2) is 5.69. The summed E-state index contributed by atoms with van der Waals surface area (Å²) in [7, 11) is 0. The van der Waals surface area contributed by atoms with Crippen LogP contribution in [-0.4, -0.2) is 39.5 Å². The molecule has 104 valence electrons. The van der Waals surface area contributed by atoms with E-state index < -0.39 is 5.97 Å². The lowest BCUT2D eigenvalue weighted by Gasteiger charge is -2.22. The van der Waals surface area contributed by atoms with Crippen LogP contribution in [0.3, 0.4) is 0 Å². The number of carboxylic acid groups (broad SMARTS) is 1. The number of thiazole rings is 1. The smallest absolute Gasteiger partial charge is 0.355 e. The van der Waals surface area contributed by atoms with Crippen LogP contribution < -0.4 is 0 Å². The van der Waals surface area contributed by atoms with E-state index in [1.165, 1.54) is 5.38 Å². The molecule has 19 heavy (non-hydrogen) atoms. The Bertz CT molecular complexity index is 480. The highest BCUT2D eigenvalue weighted by molar-refractivity contribution is 7.11. The van der Waals surface area contributed by atoms with Gasteiger partial charge in [-0.1, -0.05) is 13.8 Å². The molecule has 0 atom stereocenters. The van der Waals surface area contributed by atoms with Crippen LogP contribution in [0.25, 0.3) is 0 Å². The topological polar surface area (TPSA) is 70.5 Å². The summed E-state index contributed by atoms with van der Waals surface area (Å²) in [5.41, 5.74) is -0.0482. The first-order valence-electron chi connectivity index (χ1n) is 6.49. The van der Waals surface area contributed by atoms with Crippen molar-refractivity contribution in [3.63, 3.8) is 0 Å². The van der Waals surface area contributed by atoms with Gasteiger partial charge in [-0.05, 0) is 25.2 Å². The zero-order chi connectivity index (χ0) is 14.0. The van der Waals surface area contributed by atoms with Crippen LogP contribution in [0.4, 0.5) is 0 Å². The van der Waals surface area contributed by atoms with E-state index in [-0.39, 0.29) is 16.6 Å². The molecule has 0 unspecified atom stereocenters. The van der Waals surface area contributed by atoms with E-state index >= 15 is 0 Å². The Labute approximate surface area is 116 Å². The Hall–Kier alpha value is -1.43. The van der Waals surface area contributed by atoms with Crippen molar-refractivity contribution in [3.8, 4) is 0 Å². The second-order valence-corrected chi connectivity index (χ2v) is 6.11. The van der Waals surface area contributed by atoms with Crippen LogP contribution in [0.15, 0.2) is 5.38 Å². The van der Waals surface area contributed by atoms with Gasteiger partial charge in [0.05, 0.1) is 0 Å². The maximum Gasteiger partial charge on any atom is 0.355 e. The highest BCUT2D eigenvalue weighted by Crippen LogP contribution is 2.29. The predicted octanol–water partition coefficient (Wildman–Crippen LogP) is 2.49. The molecule has 1 fully saturated rings. The van der Waals surface area contributed by atoms with Crippen LogP contribution in [0.2, 0.25) is 0 Å². The number of carboxylic acids is 1. The van der Waals surface area contributed by atoms with Crippen molar-refractivity contribution in [2.75, 3.05) is 6.54 Å². The second-order valence-electron chi connectivity index (χ2n) is 5.26. The van der Waals surface area contributed by atoms with E-state index in [2.05, 4.69) is 18.8 Å². The van der Waals surface area contributed by atoms with Gasteiger partial charge in [0.2, 0.25) is 0 Å². The van der Waals surface area contributed by atoms with E-state index in [4.69, 9.17) is 5.11 Å². The summed E-state index contributed by atoms with van der Waals surface area (Å²) in [6, 6.07) is 0.323. The number of rotatable bonds is 6. The van der Waals surface area contributed by atoms with Gasteiger partial charge in [-0.15, -0.1) is 11.3 Å². The lowest BCUT2D eigenvalue weighted by Crippen LogP contribution is -2.34. The molecule has 1 saturated carbocycles. The number of carbonyl (C=O) groups excluding carboxylic acids is 1. The van der Waals surface area contributed by atoms with Crippen LogP contribution >= 0.6 is 11.3 Å². The van der Waals surface area contributed by atoms with Gasteiger partial charge in [0, 0.05) is 18.0 Å². The standard InChI is InChI=1S/C13H18N2O3S/c1-8(2)5-6-15(9-3-4-9)12(16)11-14-10(7-19-11)13(17)18/h7-9H,3-6H2,1-2H3,(H,17,18). The fourth-order valence-corrected chi connectivity index (χ4v) is 2.57. The number of nitrogens with zero attached hydrogens (tertiary/aromatic N) is 2. The molecule has 0 aromatic carbocycles. The summed E-state index contributed by atoms with van der Waals surface area (Å²) in [6.45, 7) is 4.98. The predicted molar refractivity (Wildman–Crippen MR) is 72.6 cm³/mol. The average Bonchev–Trinajstić information content (AvgIpc) is 3.05. The average molecular weight is 282 g/mol. The first-order chi connectivity index (χ1) is 8.99. The van der Waals surface area contributed by atoms with Crippen molar-refractivity contribution in [2.45, 2.75) is 39.2 Å². The van der Waals surface area contributed by atoms with Crippen LogP contribution in [0.1, 0.15) is 53.4 Å². The zero-order valence-electron chi connectivity index (χ0n) is 11.1. The lowest BCUT2D eigenvalue weighted by molar-refractivity contribution is 0.0691. The van der Waals surface area contributed by atoms with Gasteiger partial charge in [-0.2, -0.15) is 0 Å². The molecule has 0 bridgehead atoms. The summed E-state index contributed by atoms with van der Waals surface area (Å²) in [6.07, 6.45) is 3.04. The molecule has 1 aromatic rings. The van der Waals surface area contributed by atoms with Gasteiger partial charge in [0.15, 0.2) is 10.7 Å². The number of amides is 1. The summed E-state index contributed by atoms with van der Waals surface area (Å²) < 4.78 is 0. The molecule has 0 radical (unpaired) electrons. The Morgan fingerprint density at radius 1 is 1.53 bits per heavy atom. The van der Waals surface area contributed by atoms with Gasteiger partial charge in [-0.25, -0.2) is 9.78 Å². The van der Waals surface area contributed by atoms with Crippen LogP contribution in [-0.2, 0) is 0 Å². The molecule has 1 N–H and O–H groups in total. The van der Waals surface area contributed by atoms with Crippen molar-refractivity contribution in [3.05, 3.63) is 16.1 Å². The van der Waals surface area contributed by atoms with Crippen LogP contribution in [0, 0.1) is 5.92 Å². The summed E-state index contributed by atoms with van der Waals surface area (Å²) in [5.74, 6) is -0.670. The van der Waals surface area contributed by atoms with E-state index in [0.717, 1.165) is 37.1 Å². The zero-order valence-corrected chi connectivity index (χ0v) is 11.9. The van der Waals surface area contributed by atoms with Gasteiger partial charge >= 0.3 is 5.97 Å². The molecule has 6 heteroatoms. The van der Waals surface area contributed by atoms with Crippen molar-refractivity contribution >= 4 is 23.2 Å². The summed E-state index contributed by atoms with van der Waals surface area (Å²) in [5, 5.41) is 10.5. The molecule has 1 heterocycles. The van der Waals surface area contributed by atoms with E-state index in [1.54, 1.807) is 0 Å². The van der Waals surface area contributed by atoms with Gasteiger partial charge < -0.3 is 10.0 Å². The minimum Gasteiger partial charge on any atom is -0.476 e. The molecule has 1 aliphatic carbocycles. The Kier molecular flexibility index (Phi) is 4.19. The molecule has 1 amide bonds. The number of aromatic nitrogens is 1. The number of hydrogen-bond donors (Lipinski definition) is 1. The Morgan fingerprint density at radius 3 is 2.68 bits per heavy atom. The van der Waals surface area contributed by atoms with E-state index in [0.29, 0.717) is 12.0 Å². The number of hydrogen-bond acceptors (Lipinski definition) is 4. The SMILES string of the molecule is CC(C)CCN(C(=O)c1nc(C(=O)O)cs1)C1CC1. The van der Waals surface area contributed by atoms with Crippen molar-refractivity contribution in [1.29, 1.82) is 0 Å². The number of aromatic carboxylic acids is 1. The van der Waals surface area contributed by atoms with E-state index in [1.807, 2.05) is 4.90 Å². The quantitative estimate of drug-likeness (QED) is 0.870. The fraction of sp³-hybridized carbons (Fsp3) is 0.615. The largest absolute Gasteiger partial charge is 0.476 e. The fourth-order valence-electron chi connectivity index (χ4n) is 1.83. The molecule has 5 nitrogen and oxygen atoms in total. The molecule has 0 aliphatic heterocycles. The molecule has 1 aliphatic rings. The van der Waals surface area contributed by atoms with Crippen LogP contribution in [0.5, 0.6) is 0 Å². The van der Waals surface area contributed by atoms with Crippen molar-refractivity contribution in [2.24, 2.45) is 5.92 Å². The molecular formula is C13H18N2O3S. The molecule has 2 rings (SSSR count). The summed E-state index contributed by atoms with van der Waals surface area (Å²) in [4.78, 5) is 28.9. The first-order valence-corrected chi connectivity index (χ1v) is 7.36. The minimum atomic E-state index is -1.09. The normalized spacial score (nSPS) is 14.7. The van der Waals surface area contributed by atoms with Gasteiger partial charge in [0.1, 0.15) is 0 Å². The summed E-state index contributed by atoms with van der Waals surface area (Å²) >= 11 is 1.11. The molecule has 0 saturated heterocycles. The third-order valence-electron chi connectivity index (χ3n) is 3.10. The minimum absolute atomic E-state index is 0.0482. The van der Waals surface area contributed by atoms with Crippen molar-refractivity contribution < 1.29 is 14.7 Å². The molecular weight excluding hydrogens is 264 g/mol. The third-order valence-corrected chi connectivity index (χ3v) is 3.93. The molecule has 1 aromatic heterocycles. The highest BCUT2D eigenvalue weighted by atomic mass is 32.1. The molecule has 0 spiro atoms. The van der Waals surface area contributed by atoms with Gasteiger partial charge in [0.25, 0.3) is 5.91 Å². The Morgan fingerprint density at radius 2 is 2.21 bits per heavy atom. The first kappa shape index (κ1) is 14.0. The third kappa shape index (κ3) is 3.53. The Balaban J connectivity index is 2.07. The maximum atomic E-state index is 12.4.